The lowest BCUT2D eigenvalue weighted by atomic mass is 9.64. The van der Waals surface area contributed by atoms with Crippen LogP contribution in [-0.2, 0) is 19.1 Å². The molecule has 3 fully saturated rings. The highest BCUT2D eigenvalue weighted by Gasteiger charge is 2.79. The first-order valence-corrected chi connectivity index (χ1v) is 15.9. The Morgan fingerprint density at radius 1 is 1.02 bits per heavy atom. The van der Waals surface area contributed by atoms with E-state index in [1.54, 1.807) is 26.9 Å². The molecule has 2 aromatic rings. The Hall–Kier alpha value is -3.75. The van der Waals surface area contributed by atoms with Gasteiger partial charge in [0.15, 0.2) is 0 Å². The summed E-state index contributed by atoms with van der Waals surface area (Å²) in [4.78, 5) is 49.3. The van der Waals surface area contributed by atoms with Gasteiger partial charge in [-0.3, -0.25) is 14.4 Å². The zero-order valence-electron chi connectivity index (χ0n) is 25.9. The van der Waals surface area contributed by atoms with Gasteiger partial charge in [0.25, 0.3) is 0 Å². The average molecular weight is 600 g/mol. The largest absolute Gasteiger partial charge is 0.394 e. The molecule has 0 saturated carbocycles. The standard InChI is InChI=1S/C36H45N3O5/c1-5-9-24-37(22-6-2)34(43)31-36-21-20-35(8-4,44-36)29(32(41)38(23-7-3)27-18-14-11-15-19-27)30(36)33(42)39(31)28(25-40)26-16-12-10-13-17-26/h6-7,10-19,28-31,40H,2-3,5,8-9,20-25H2,1,4H3/t28-,29-,30+,31?,35+,36?/m1/s1. The molecule has 3 saturated heterocycles. The van der Waals surface area contributed by atoms with Gasteiger partial charge in [-0.1, -0.05) is 81.0 Å². The fourth-order valence-electron chi connectivity index (χ4n) is 7.87. The van der Waals surface area contributed by atoms with E-state index in [1.807, 2.05) is 67.6 Å². The van der Waals surface area contributed by atoms with Crippen LogP contribution in [0.15, 0.2) is 86.0 Å². The second kappa shape index (κ2) is 13.1. The molecule has 8 heteroatoms. The van der Waals surface area contributed by atoms with Crippen LogP contribution in [0.4, 0.5) is 5.69 Å². The number of carbonyl (C=O) groups excluding carboxylic acids is 3. The van der Waals surface area contributed by atoms with E-state index in [0.717, 1.165) is 18.4 Å². The van der Waals surface area contributed by atoms with Crippen LogP contribution in [-0.4, -0.2) is 76.1 Å². The van der Waals surface area contributed by atoms with E-state index in [9.17, 15) is 19.5 Å². The number of anilines is 1. The fraction of sp³-hybridized carbons (Fsp3) is 0.472. The maximum absolute atomic E-state index is 14.9. The van der Waals surface area contributed by atoms with E-state index >= 15 is 0 Å². The number of rotatable bonds is 14. The molecule has 0 aromatic heterocycles. The molecule has 2 aromatic carbocycles. The third-order valence-electron chi connectivity index (χ3n) is 9.90. The molecule has 8 nitrogen and oxygen atoms in total. The van der Waals surface area contributed by atoms with E-state index in [-0.39, 0.29) is 30.9 Å². The third-order valence-corrected chi connectivity index (χ3v) is 9.90. The van der Waals surface area contributed by atoms with E-state index in [1.165, 1.54) is 0 Å². The van der Waals surface area contributed by atoms with Crippen molar-refractivity contribution in [2.45, 2.75) is 69.2 Å². The maximum atomic E-state index is 14.9. The molecule has 3 heterocycles. The summed E-state index contributed by atoms with van der Waals surface area (Å²) in [5.74, 6) is -2.42. The van der Waals surface area contributed by atoms with E-state index in [2.05, 4.69) is 20.1 Å². The van der Waals surface area contributed by atoms with Gasteiger partial charge in [0, 0.05) is 25.3 Å². The Labute approximate surface area is 261 Å². The number of nitrogens with zero attached hydrogens (tertiary/aromatic N) is 3. The number of carbonyl (C=O) groups is 3. The van der Waals surface area contributed by atoms with Crippen LogP contribution in [0, 0.1) is 11.8 Å². The van der Waals surface area contributed by atoms with E-state index in [0.29, 0.717) is 38.0 Å². The molecule has 1 N–H and O–H groups in total. The summed E-state index contributed by atoms with van der Waals surface area (Å²) in [5, 5.41) is 10.8. The summed E-state index contributed by atoms with van der Waals surface area (Å²) >= 11 is 0. The van der Waals surface area contributed by atoms with Crippen molar-refractivity contribution >= 4 is 23.4 Å². The number of fused-ring (bicyclic) bond motifs is 1. The third kappa shape index (κ3) is 5.08. The van der Waals surface area contributed by atoms with Crippen LogP contribution in [0.25, 0.3) is 0 Å². The predicted molar refractivity (Wildman–Crippen MR) is 171 cm³/mol. The summed E-state index contributed by atoms with van der Waals surface area (Å²) < 4.78 is 7.03. The number of para-hydroxylation sites is 1. The molecular formula is C36H45N3O5. The van der Waals surface area contributed by atoms with Gasteiger partial charge in [0.05, 0.1) is 30.1 Å². The highest BCUT2D eigenvalue weighted by Crippen LogP contribution is 2.65. The van der Waals surface area contributed by atoms with Gasteiger partial charge in [0.2, 0.25) is 17.7 Å². The summed E-state index contributed by atoms with van der Waals surface area (Å²) in [6.45, 7) is 12.6. The van der Waals surface area contributed by atoms with Crippen molar-refractivity contribution in [2.75, 3.05) is 31.1 Å². The van der Waals surface area contributed by atoms with Crippen LogP contribution < -0.4 is 4.90 Å². The van der Waals surface area contributed by atoms with Crippen molar-refractivity contribution in [3.8, 4) is 0 Å². The molecule has 3 amide bonds. The molecule has 5 rings (SSSR count). The normalized spacial score (nSPS) is 27.6. The van der Waals surface area contributed by atoms with E-state index < -0.39 is 35.1 Å². The second-order valence-electron chi connectivity index (χ2n) is 12.2. The van der Waals surface area contributed by atoms with Gasteiger partial charge in [-0.2, -0.15) is 0 Å². The number of hydrogen-bond acceptors (Lipinski definition) is 5. The van der Waals surface area contributed by atoms with Crippen LogP contribution in [0.5, 0.6) is 0 Å². The number of benzene rings is 2. The van der Waals surface area contributed by atoms with Crippen molar-refractivity contribution in [3.63, 3.8) is 0 Å². The predicted octanol–water partition coefficient (Wildman–Crippen LogP) is 4.91. The molecule has 6 atom stereocenters. The number of likely N-dealkylation sites (tertiary alicyclic amines) is 1. The summed E-state index contributed by atoms with van der Waals surface area (Å²) in [6, 6.07) is 16.9. The zero-order chi connectivity index (χ0) is 31.5. The summed E-state index contributed by atoms with van der Waals surface area (Å²) in [6.07, 6.45) is 6.64. The lowest BCUT2D eigenvalue weighted by molar-refractivity contribution is -0.156. The van der Waals surface area contributed by atoms with Gasteiger partial charge in [-0.05, 0) is 43.4 Å². The highest BCUT2D eigenvalue weighted by molar-refractivity contribution is 6.03. The van der Waals surface area contributed by atoms with Gasteiger partial charge in [0.1, 0.15) is 11.6 Å². The number of aliphatic hydroxyl groups excluding tert-OH is 1. The fourth-order valence-corrected chi connectivity index (χ4v) is 7.87. The molecule has 44 heavy (non-hydrogen) atoms. The number of hydrogen-bond donors (Lipinski definition) is 1. The van der Waals surface area contributed by atoms with Crippen LogP contribution in [0.2, 0.25) is 0 Å². The number of amides is 3. The number of unbranched alkanes of at least 4 members (excludes halogenated alkanes) is 1. The average Bonchev–Trinajstić information content (AvgIpc) is 3.66. The Balaban J connectivity index is 1.66. The van der Waals surface area contributed by atoms with Crippen LogP contribution in [0.3, 0.4) is 0 Å². The lowest BCUT2D eigenvalue weighted by Gasteiger charge is -2.39. The Kier molecular flexibility index (Phi) is 9.42. The molecule has 2 bridgehead atoms. The first-order chi connectivity index (χ1) is 21.3. The van der Waals surface area contributed by atoms with Crippen molar-refractivity contribution in [2.24, 2.45) is 11.8 Å². The topological polar surface area (TPSA) is 90.4 Å². The van der Waals surface area contributed by atoms with Gasteiger partial charge in [-0.15, -0.1) is 13.2 Å². The molecule has 2 unspecified atom stereocenters. The van der Waals surface area contributed by atoms with Gasteiger partial charge >= 0.3 is 0 Å². The summed E-state index contributed by atoms with van der Waals surface area (Å²) in [5.41, 5.74) is -0.648. The van der Waals surface area contributed by atoms with Gasteiger partial charge in [-0.25, -0.2) is 0 Å². The SMILES string of the molecule is C=CCN(CCCC)C(=O)C1N([C@H](CO)c2ccccc2)C(=O)[C@@H]2[C@H](C(=O)N(CC=C)c3ccccc3)[C@]3(CC)CCC12O3. The van der Waals surface area contributed by atoms with Crippen molar-refractivity contribution < 1.29 is 24.2 Å². The highest BCUT2D eigenvalue weighted by atomic mass is 16.5. The molecule has 0 radical (unpaired) electrons. The molecule has 3 aliphatic rings. The van der Waals surface area contributed by atoms with Crippen molar-refractivity contribution in [1.82, 2.24) is 9.80 Å². The monoisotopic (exact) mass is 599 g/mol. The minimum absolute atomic E-state index is 0.208. The minimum atomic E-state index is -1.20. The molecule has 234 valence electrons. The molecular weight excluding hydrogens is 554 g/mol. The number of ether oxygens (including phenoxy) is 1. The Morgan fingerprint density at radius 2 is 1.68 bits per heavy atom. The molecule has 1 spiro atoms. The minimum Gasteiger partial charge on any atom is -0.394 e. The molecule has 3 aliphatic heterocycles. The quantitative estimate of drug-likeness (QED) is 0.312. The zero-order valence-corrected chi connectivity index (χ0v) is 25.9. The lowest BCUT2D eigenvalue weighted by Crippen LogP contribution is -2.57. The smallest absolute Gasteiger partial charge is 0.248 e. The first-order valence-electron chi connectivity index (χ1n) is 15.9. The molecule has 0 aliphatic carbocycles. The first kappa shape index (κ1) is 31.7. The summed E-state index contributed by atoms with van der Waals surface area (Å²) in [7, 11) is 0. The second-order valence-corrected chi connectivity index (χ2v) is 12.2. The van der Waals surface area contributed by atoms with Crippen molar-refractivity contribution in [1.29, 1.82) is 0 Å². The Bertz CT molecular complexity index is 1370. The maximum Gasteiger partial charge on any atom is 0.248 e. The van der Waals surface area contributed by atoms with Gasteiger partial charge < -0.3 is 24.5 Å². The van der Waals surface area contributed by atoms with Crippen LogP contribution >= 0.6 is 0 Å². The Morgan fingerprint density at radius 3 is 2.27 bits per heavy atom. The van der Waals surface area contributed by atoms with E-state index in [4.69, 9.17) is 4.74 Å². The van der Waals surface area contributed by atoms with Crippen LogP contribution in [0.1, 0.15) is 57.6 Å². The number of aliphatic hydroxyl groups is 1. The van der Waals surface area contributed by atoms with Crippen molar-refractivity contribution in [3.05, 3.63) is 91.5 Å².